The highest BCUT2D eigenvalue weighted by Crippen LogP contribution is 1.90. The van der Waals surface area contributed by atoms with Crippen LogP contribution in [0.4, 0.5) is 0 Å². The minimum Gasteiger partial charge on any atom is -0.315 e. The zero-order valence-electron chi connectivity index (χ0n) is 8.35. The second-order valence-electron chi connectivity index (χ2n) is 2.82. The van der Waals surface area contributed by atoms with Crippen LogP contribution in [0.5, 0.6) is 0 Å². The van der Waals surface area contributed by atoms with E-state index >= 15 is 0 Å². The summed E-state index contributed by atoms with van der Waals surface area (Å²) in [4.78, 5) is 0. The van der Waals surface area contributed by atoms with Crippen LogP contribution in [0.1, 0.15) is 0 Å². The SMILES string of the molecule is C=CS(=O)(=O)CCNCCS(=O)(=O)C=C. The van der Waals surface area contributed by atoms with Crippen LogP contribution in [0.15, 0.2) is 24.0 Å². The Labute approximate surface area is 90.7 Å². The lowest BCUT2D eigenvalue weighted by Crippen LogP contribution is -2.26. The summed E-state index contributed by atoms with van der Waals surface area (Å²) in [6.07, 6.45) is 0. The van der Waals surface area contributed by atoms with E-state index in [2.05, 4.69) is 18.5 Å². The van der Waals surface area contributed by atoms with Gasteiger partial charge in [-0.3, -0.25) is 0 Å². The van der Waals surface area contributed by atoms with Crippen LogP contribution in [-0.2, 0) is 19.7 Å². The monoisotopic (exact) mass is 253 g/mol. The standard InChI is InChI=1S/C8H15NO4S2/c1-3-14(10,11)7-5-9-6-8-15(12,13)4-2/h3-4,9H,1-2,5-8H2. The number of rotatable bonds is 8. The Hall–Kier alpha value is -0.660. The highest BCUT2D eigenvalue weighted by Gasteiger charge is 2.06. The molecular formula is C8H15NO4S2. The molecule has 0 amide bonds. The summed E-state index contributed by atoms with van der Waals surface area (Å²) in [5.41, 5.74) is 0. The fourth-order valence-corrected chi connectivity index (χ4v) is 1.91. The van der Waals surface area contributed by atoms with Crippen LogP contribution in [0.2, 0.25) is 0 Å². The molecule has 88 valence electrons. The molecule has 0 fully saturated rings. The summed E-state index contributed by atoms with van der Waals surface area (Å²) in [5, 5.41) is 4.48. The number of hydrogen-bond donors (Lipinski definition) is 1. The number of nitrogens with one attached hydrogen (secondary N) is 1. The van der Waals surface area contributed by atoms with Gasteiger partial charge in [-0.15, -0.1) is 0 Å². The Balaban J connectivity index is 3.75. The highest BCUT2D eigenvalue weighted by molar-refractivity contribution is 7.94. The fraction of sp³-hybridized carbons (Fsp3) is 0.500. The van der Waals surface area contributed by atoms with Gasteiger partial charge in [-0.05, 0) is 0 Å². The average molecular weight is 253 g/mol. The van der Waals surface area contributed by atoms with Gasteiger partial charge in [0.05, 0.1) is 11.5 Å². The smallest absolute Gasteiger partial charge is 0.172 e. The zero-order chi connectivity index (χ0) is 11.9. The van der Waals surface area contributed by atoms with Crippen molar-refractivity contribution in [3.05, 3.63) is 24.0 Å². The maximum absolute atomic E-state index is 10.9. The molecule has 15 heavy (non-hydrogen) atoms. The second-order valence-corrected chi connectivity index (χ2v) is 6.95. The molecule has 0 aliphatic heterocycles. The van der Waals surface area contributed by atoms with E-state index in [-0.39, 0.29) is 24.6 Å². The van der Waals surface area contributed by atoms with Crippen molar-refractivity contribution in [1.29, 1.82) is 0 Å². The summed E-state index contributed by atoms with van der Waals surface area (Å²) >= 11 is 0. The average Bonchev–Trinajstić information content (AvgIpc) is 2.17. The van der Waals surface area contributed by atoms with Crippen LogP contribution >= 0.6 is 0 Å². The van der Waals surface area contributed by atoms with Crippen molar-refractivity contribution in [1.82, 2.24) is 5.32 Å². The molecule has 0 aromatic heterocycles. The van der Waals surface area contributed by atoms with Gasteiger partial charge in [0.15, 0.2) is 19.7 Å². The first-order valence-electron chi connectivity index (χ1n) is 4.24. The third kappa shape index (κ3) is 7.29. The van der Waals surface area contributed by atoms with Gasteiger partial charge in [-0.25, -0.2) is 16.8 Å². The van der Waals surface area contributed by atoms with Gasteiger partial charge in [0.25, 0.3) is 0 Å². The molecule has 0 saturated heterocycles. The molecule has 0 rings (SSSR count). The molecule has 0 aliphatic rings. The van der Waals surface area contributed by atoms with E-state index in [1.165, 1.54) is 0 Å². The van der Waals surface area contributed by atoms with Gasteiger partial charge in [0, 0.05) is 23.9 Å². The predicted molar refractivity (Wildman–Crippen MR) is 60.8 cm³/mol. The van der Waals surface area contributed by atoms with Crippen LogP contribution in [-0.4, -0.2) is 41.4 Å². The van der Waals surface area contributed by atoms with Crippen LogP contribution in [0.25, 0.3) is 0 Å². The molecule has 0 unspecified atom stereocenters. The van der Waals surface area contributed by atoms with E-state index in [0.29, 0.717) is 0 Å². The molecule has 0 bridgehead atoms. The van der Waals surface area contributed by atoms with Gasteiger partial charge in [0.2, 0.25) is 0 Å². The topological polar surface area (TPSA) is 80.3 Å². The molecule has 0 spiro atoms. The van der Waals surface area contributed by atoms with Crippen molar-refractivity contribution in [2.24, 2.45) is 0 Å². The largest absolute Gasteiger partial charge is 0.315 e. The molecule has 0 aromatic rings. The molecule has 0 saturated carbocycles. The molecule has 0 aromatic carbocycles. The first-order chi connectivity index (χ1) is 6.83. The van der Waals surface area contributed by atoms with Crippen molar-refractivity contribution in [3.8, 4) is 0 Å². The highest BCUT2D eigenvalue weighted by atomic mass is 32.2. The van der Waals surface area contributed by atoms with Gasteiger partial charge in [-0.2, -0.15) is 0 Å². The summed E-state index contributed by atoms with van der Waals surface area (Å²) in [6, 6.07) is 0. The Morgan fingerprint density at radius 1 is 0.867 bits per heavy atom. The van der Waals surface area contributed by atoms with Crippen LogP contribution < -0.4 is 5.32 Å². The first kappa shape index (κ1) is 14.3. The van der Waals surface area contributed by atoms with E-state index in [1.54, 1.807) is 0 Å². The number of hydrogen-bond acceptors (Lipinski definition) is 5. The summed E-state index contributed by atoms with van der Waals surface area (Å²) in [6.45, 7) is 6.74. The normalized spacial score (nSPS) is 12.3. The zero-order valence-corrected chi connectivity index (χ0v) is 9.98. The van der Waals surface area contributed by atoms with E-state index in [1.807, 2.05) is 0 Å². The molecule has 7 heteroatoms. The minimum atomic E-state index is -3.21. The maximum atomic E-state index is 10.9. The molecule has 0 radical (unpaired) electrons. The van der Waals surface area contributed by atoms with Gasteiger partial charge < -0.3 is 5.32 Å². The molecule has 5 nitrogen and oxygen atoms in total. The van der Waals surface area contributed by atoms with Gasteiger partial charge >= 0.3 is 0 Å². The summed E-state index contributed by atoms with van der Waals surface area (Å²) < 4.78 is 43.7. The molecule has 0 aliphatic carbocycles. The fourth-order valence-electron chi connectivity index (χ4n) is 0.721. The Morgan fingerprint density at radius 2 is 1.20 bits per heavy atom. The van der Waals surface area contributed by atoms with Crippen LogP contribution in [0, 0.1) is 0 Å². The number of sulfone groups is 2. The molecule has 0 heterocycles. The van der Waals surface area contributed by atoms with Crippen molar-refractivity contribution in [3.63, 3.8) is 0 Å². The van der Waals surface area contributed by atoms with Crippen molar-refractivity contribution in [2.75, 3.05) is 24.6 Å². The second kappa shape index (κ2) is 6.04. The minimum absolute atomic E-state index is 0.0787. The molecular weight excluding hydrogens is 238 g/mol. The quantitative estimate of drug-likeness (QED) is 0.600. The van der Waals surface area contributed by atoms with Crippen molar-refractivity contribution < 1.29 is 16.8 Å². The van der Waals surface area contributed by atoms with E-state index in [0.717, 1.165) is 10.8 Å². The van der Waals surface area contributed by atoms with E-state index in [4.69, 9.17) is 0 Å². The Morgan fingerprint density at radius 3 is 1.47 bits per heavy atom. The van der Waals surface area contributed by atoms with Crippen molar-refractivity contribution >= 4 is 19.7 Å². The molecule has 0 atom stereocenters. The van der Waals surface area contributed by atoms with Gasteiger partial charge in [0.1, 0.15) is 0 Å². The van der Waals surface area contributed by atoms with E-state index < -0.39 is 19.7 Å². The maximum Gasteiger partial charge on any atom is 0.172 e. The van der Waals surface area contributed by atoms with Crippen molar-refractivity contribution in [2.45, 2.75) is 0 Å². The summed E-state index contributed by atoms with van der Waals surface area (Å²) in [7, 11) is -6.42. The van der Waals surface area contributed by atoms with Crippen LogP contribution in [0.3, 0.4) is 0 Å². The third-order valence-corrected chi connectivity index (χ3v) is 4.20. The summed E-state index contributed by atoms with van der Waals surface area (Å²) in [5.74, 6) is -0.157. The third-order valence-electron chi connectivity index (χ3n) is 1.63. The predicted octanol–water partition coefficient (Wildman–Crippen LogP) is -0.307. The van der Waals surface area contributed by atoms with E-state index in [9.17, 15) is 16.8 Å². The lowest BCUT2D eigenvalue weighted by molar-refractivity contribution is 0.597. The Bertz CT molecular complexity index is 368. The van der Waals surface area contributed by atoms with Gasteiger partial charge in [-0.1, -0.05) is 13.2 Å². The lowest BCUT2D eigenvalue weighted by atomic mass is 10.7. The Kier molecular flexibility index (Phi) is 5.77. The molecule has 1 N–H and O–H groups in total. The lowest BCUT2D eigenvalue weighted by Gasteiger charge is -2.02. The first-order valence-corrected chi connectivity index (χ1v) is 7.67.